The van der Waals surface area contributed by atoms with Crippen molar-refractivity contribution >= 4 is 37.2 Å². The van der Waals surface area contributed by atoms with E-state index in [2.05, 4.69) is 39.1 Å². The molecule has 0 aliphatic carbocycles. The van der Waals surface area contributed by atoms with Crippen molar-refractivity contribution in [3.63, 3.8) is 0 Å². The Morgan fingerprint density at radius 1 is 0.419 bits per heavy atom. The first-order chi connectivity index (χ1) is 21.0. The van der Waals surface area contributed by atoms with Crippen LogP contribution in [0.1, 0.15) is 194 Å². The fourth-order valence-electron chi connectivity index (χ4n) is 5.54. The minimum atomic E-state index is -1.68. The van der Waals surface area contributed by atoms with Crippen molar-refractivity contribution in [3.8, 4) is 0 Å². The van der Waals surface area contributed by atoms with Gasteiger partial charge in [-0.25, -0.2) is 0 Å². The molecule has 0 N–H and O–H groups in total. The summed E-state index contributed by atoms with van der Waals surface area (Å²) in [6.45, 7) is 5.45. The molecule has 252 valence electrons. The quantitative estimate of drug-likeness (QED) is 0.0304. The van der Waals surface area contributed by atoms with E-state index in [0.717, 1.165) is 25.7 Å². The van der Waals surface area contributed by atoms with Gasteiger partial charge in [0.1, 0.15) is 0 Å². The van der Waals surface area contributed by atoms with Crippen LogP contribution in [-0.4, -0.2) is 32.8 Å². The maximum atomic E-state index is 12.3. The monoisotopic (exact) mass is 694 g/mol. The Hall–Kier alpha value is 0.263. The molecule has 0 saturated heterocycles. The van der Waals surface area contributed by atoms with Crippen molar-refractivity contribution < 1.29 is 36.2 Å². The molecule has 0 saturated carbocycles. The molecule has 0 aromatic carbocycles. The fraction of sp³-hybridized carbons (Fsp3) is 0.944. The molecule has 0 bridgehead atoms. The predicted molar refractivity (Wildman–Crippen MR) is 188 cm³/mol. The summed E-state index contributed by atoms with van der Waals surface area (Å²) in [6, 6.07) is 0. The van der Waals surface area contributed by atoms with Gasteiger partial charge in [-0.2, -0.15) is 0 Å². The third kappa shape index (κ3) is 32.0. The van der Waals surface area contributed by atoms with Crippen molar-refractivity contribution in [2.24, 2.45) is 0 Å². The maximum absolute atomic E-state index is 12.3. The zero-order valence-corrected chi connectivity index (χ0v) is 33.4. The van der Waals surface area contributed by atoms with Crippen molar-refractivity contribution in [1.29, 1.82) is 0 Å². The van der Waals surface area contributed by atoms with Crippen LogP contribution in [-0.2, 0) is 36.2 Å². The number of carbonyl (C=O) groups is 2. The van der Waals surface area contributed by atoms with E-state index < -0.39 is 24.8 Å². The van der Waals surface area contributed by atoms with Gasteiger partial charge in [0.05, 0.1) is 0 Å². The Balaban J connectivity index is 3.52. The Labute approximate surface area is 286 Å². The van der Waals surface area contributed by atoms with Crippen LogP contribution >= 0.6 is 25.3 Å². The first kappa shape index (κ1) is 43.3. The summed E-state index contributed by atoms with van der Waals surface area (Å²) in [6.07, 6.45) is 36.6. The average molecular weight is 696 g/mol. The smallest absolute Gasteiger partial charge is 0.0654 e. The molecule has 0 fully saturated rings. The molecular formula is C36H70O4S2Zn. The number of thiol groups is 2. The Kier molecular flexibility index (Phi) is 35.3. The second-order valence-corrected chi connectivity index (χ2v) is 21.3. The molecule has 2 unspecified atom stereocenters. The summed E-state index contributed by atoms with van der Waals surface area (Å²) >= 11 is 7.20. The van der Waals surface area contributed by atoms with E-state index in [9.17, 15) is 9.59 Å². The summed E-state index contributed by atoms with van der Waals surface area (Å²) in [5.74, 6) is -0.561. The molecule has 43 heavy (non-hydrogen) atoms. The summed E-state index contributed by atoms with van der Waals surface area (Å²) in [5.41, 5.74) is 0. The number of unbranched alkanes of at least 4 members (excludes halogenated alkanes) is 26. The normalized spacial score (nSPS) is 12.6. The number of rotatable bonds is 34. The molecule has 0 spiro atoms. The molecule has 0 heterocycles. The number of carbonyl (C=O) groups excluding carboxylic acids is 2. The molecule has 0 aromatic heterocycles. The Morgan fingerprint density at radius 3 is 0.860 bits per heavy atom. The predicted octanol–water partition coefficient (Wildman–Crippen LogP) is 11.6. The molecule has 0 radical (unpaired) electrons. The summed E-state index contributed by atoms with van der Waals surface area (Å²) in [7, 11) is 0. The van der Waals surface area contributed by atoms with Crippen molar-refractivity contribution in [2.45, 2.75) is 201 Å². The van der Waals surface area contributed by atoms with Crippen LogP contribution in [0.2, 0.25) is 0 Å². The second kappa shape index (κ2) is 35.1. The molecule has 0 aliphatic rings. The minimum Gasteiger partial charge on any atom is -0.0654 e. The third-order valence-corrected chi connectivity index (χ3v) is 14.4. The number of ether oxygens (including phenoxy) is 2. The van der Waals surface area contributed by atoms with Gasteiger partial charge in [0.25, 0.3) is 0 Å². The van der Waals surface area contributed by atoms with Gasteiger partial charge < -0.3 is 0 Å². The van der Waals surface area contributed by atoms with Crippen molar-refractivity contribution in [3.05, 3.63) is 0 Å². The zero-order valence-electron chi connectivity index (χ0n) is 28.6. The number of hydrogen-bond donors (Lipinski definition) is 2. The molecule has 4 nitrogen and oxygen atoms in total. The Bertz CT molecular complexity index is 558. The average Bonchev–Trinajstić information content (AvgIpc) is 3.00. The van der Waals surface area contributed by atoms with E-state index in [1.54, 1.807) is 0 Å². The first-order valence-electron chi connectivity index (χ1n) is 18.7. The van der Waals surface area contributed by atoms with Crippen LogP contribution in [0, 0.1) is 0 Å². The van der Waals surface area contributed by atoms with Gasteiger partial charge in [-0.3, -0.25) is 0 Å². The number of esters is 2. The van der Waals surface area contributed by atoms with Gasteiger partial charge in [-0.15, -0.1) is 0 Å². The summed E-state index contributed by atoms with van der Waals surface area (Å²) in [5, 5.41) is 0. The van der Waals surface area contributed by atoms with Crippen LogP contribution in [0.3, 0.4) is 0 Å². The van der Waals surface area contributed by atoms with Gasteiger partial charge in [0.15, 0.2) is 0 Å². The van der Waals surface area contributed by atoms with E-state index in [-0.39, 0.29) is 11.9 Å². The molecule has 0 aromatic rings. The van der Waals surface area contributed by atoms with E-state index in [1.165, 1.54) is 154 Å². The van der Waals surface area contributed by atoms with Gasteiger partial charge in [-0.05, 0) is 0 Å². The van der Waals surface area contributed by atoms with Gasteiger partial charge in [-0.1, -0.05) is 90.9 Å². The Morgan fingerprint density at radius 2 is 0.628 bits per heavy atom. The molecule has 0 rings (SSSR count). The third-order valence-electron chi connectivity index (χ3n) is 8.48. The van der Waals surface area contributed by atoms with Crippen LogP contribution in [0.4, 0.5) is 0 Å². The van der Waals surface area contributed by atoms with E-state index >= 15 is 0 Å². The topological polar surface area (TPSA) is 52.6 Å². The van der Waals surface area contributed by atoms with E-state index in [0.29, 0.717) is 13.2 Å². The van der Waals surface area contributed by atoms with Crippen LogP contribution in [0.5, 0.6) is 0 Å². The van der Waals surface area contributed by atoms with Crippen LogP contribution < -0.4 is 0 Å². The molecule has 0 aliphatic heterocycles. The SMILES string of the molecule is CCCCCCCCCCCCCCCCOC(=O)[CH](S)[Zn][CH](S)C(=O)OCCCCCCCCCCCCCCCC. The molecular weight excluding hydrogens is 626 g/mol. The zero-order chi connectivity index (χ0) is 31.6. The summed E-state index contributed by atoms with van der Waals surface area (Å²) in [4.78, 5) is 24.6. The number of hydrogen-bond acceptors (Lipinski definition) is 6. The second-order valence-electron chi connectivity index (χ2n) is 12.8. The molecule has 2 atom stereocenters. The van der Waals surface area contributed by atoms with Crippen molar-refractivity contribution in [2.75, 3.05) is 13.2 Å². The first-order valence-corrected chi connectivity index (χ1v) is 23.2. The van der Waals surface area contributed by atoms with E-state index in [4.69, 9.17) is 9.47 Å². The van der Waals surface area contributed by atoms with Crippen LogP contribution in [0.25, 0.3) is 0 Å². The van der Waals surface area contributed by atoms with Gasteiger partial charge >= 0.3 is 197 Å². The van der Waals surface area contributed by atoms with Crippen LogP contribution in [0.15, 0.2) is 0 Å². The molecule has 7 heteroatoms. The molecule has 0 amide bonds. The van der Waals surface area contributed by atoms with Gasteiger partial charge in [0, 0.05) is 0 Å². The summed E-state index contributed by atoms with van der Waals surface area (Å²) < 4.78 is 9.93. The van der Waals surface area contributed by atoms with Crippen molar-refractivity contribution in [1.82, 2.24) is 0 Å². The van der Waals surface area contributed by atoms with E-state index in [1.807, 2.05) is 0 Å². The minimum absolute atomic E-state index is 0.281. The fourth-order valence-corrected chi connectivity index (χ4v) is 10.9. The standard InChI is InChI=1S/2C18H35O2S.Zn/c2*1-2-3-4-5-6-7-8-9-10-11-12-13-14-15-16-20-18(19)17-21;/h2*17,21H,2-16H2,1H3;. The van der Waals surface area contributed by atoms with Gasteiger partial charge in [0.2, 0.25) is 0 Å².